The Bertz CT molecular complexity index is 490. The summed E-state index contributed by atoms with van der Waals surface area (Å²) in [7, 11) is 2.14. The third kappa shape index (κ3) is 3.85. The van der Waals surface area contributed by atoms with Crippen molar-refractivity contribution >= 4 is 15.9 Å². The van der Waals surface area contributed by atoms with Crippen molar-refractivity contribution in [2.45, 2.75) is 44.2 Å². The van der Waals surface area contributed by atoms with Gasteiger partial charge in [-0.1, -0.05) is 28.4 Å². The number of hydrogen-bond donors (Lipinski definition) is 1. The number of rotatable bonds is 4. The van der Waals surface area contributed by atoms with E-state index in [4.69, 9.17) is 0 Å². The number of benzene rings is 1. The highest BCUT2D eigenvalue weighted by Gasteiger charge is 2.32. The fourth-order valence-corrected chi connectivity index (χ4v) is 3.81. The van der Waals surface area contributed by atoms with E-state index in [9.17, 15) is 4.39 Å². The minimum absolute atomic E-state index is 0.0838. The molecule has 0 aromatic heterocycles. The summed E-state index contributed by atoms with van der Waals surface area (Å²) in [5, 5.41) is 3.65. The number of nitrogens with one attached hydrogen (secondary N) is 1. The third-order valence-electron chi connectivity index (χ3n) is 4.78. The number of nitrogens with zero attached hydrogens (tertiary/aromatic N) is 1. The van der Waals surface area contributed by atoms with Gasteiger partial charge in [-0.15, -0.1) is 0 Å². The molecule has 4 heteroatoms. The molecule has 1 aliphatic carbocycles. The van der Waals surface area contributed by atoms with Crippen LogP contribution in [0.4, 0.5) is 4.39 Å². The average molecular weight is 355 g/mol. The van der Waals surface area contributed by atoms with E-state index < -0.39 is 0 Å². The summed E-state index contributed by atoms with van der Waals surface area (Å²) in [4.78, 5) is 2.35. The molecule has 3 rings (SSSR count). The van der Waals surface area contributed by atoms with Gasteiger partial charge in [-0.05, 0) is 57.3 Å². The molecule has 0 radical (unpaired) electrons. The molecule has 2 nitrogen and oxygen atoms in total. The molecule has 1 saturated heterocycles. The van der Waals surface area contributed by atoms with Crippen LogP contribution >= 0.6 is 15.9 Å². The maximum absolute atomic E-state index is 14.4. The molecule has 1 saturated carbocycles. The van der Waals surface area contributed by atoms with Gasteiger partial charge in [0.1, 0.15) is 5.82 Å². The second kappa shape index (κ2) is 6.76. The highest BCUT2D eigenvalue weighted by atomic mass is 79.9. The molecule has 1 aromatic rings. The number of likely N-dealkylation sites (tertiary alicyclic amines) is 1. The van der Waals surface area contributed by atoms with E-state index in [0.29, 0.717) is 12.0 Å². The zero-order valence-corrected chi connectivity index (χ0v) is 14.2. The predicted octanol–water partition coefficient (Wildman–Crippen LogP) is 4.11. The van der Waals surface area contributed by atoms with Crippen LogP contribution in [0.25, 0.3) is 0 Å². The van der Waals surface area contributed by atoms with Gasteiger partial charge in [0, 0.05) is 28.7 Å². The maximum atomic E-state index is 14.4. The largest absolute Gasteiger partial charge is 0.314 e. The van der Waals surface area contributed by atoms with E-state index in [1.54, 1.807) is 6.07 Å². The lowest BCUT2D eigenvalue weighted by molar-refractivity contribution is 0.184. The molecule has 21 heavy (non-hydrogen) atoms. The van der Waals surface area contributed by atoms with E-state index in [-0.39, 0.29) is 11.9 Å². The second-order valence-corrected chi connectivity index (χ2v) is 7.45. The standard InChI is InChI=1S/C17H24BrFN2/c1-21-9-3-2-4-12(11-20-14-6-7-14)17(21)15-8-5-13(18)10-16(15)19/h5,8,10,12,14,17,20H,2-4,6-7,9,11H2,1H3. The van der Waals surface area contributed by atoms with Crippen molar-refractivity contribution in [2.24, 2.45) is 5.92 Å². The normalized spacial score (nSPS) is 27.6. The molecule has 2 unspecified atom stereocenters. The Labute approximate surface area is 135 Å². The molecule has 0 amide bonds. The molecule has 2 aliphatic rings. The van der Waals surface area contributed by atoms with Crippen molar-refractivity contribution in [1.29, 1.82) is 0 Å². The first kappa shape index (κ1) is 15.4. The van der Waals surface area contributed by atoms with Crippen molar-refractivity contribution in [1.82, 2.24) is 10.2 Å². The van der Waals surface area contributed by atoms with Gasteiger partial charge in [0.2, 0.25) is 0 Å². The zero-order valence-electron chi connectivity index (χ0n) is 12.6. The van der Waals surface area contributed by atoms with Crippen LogP contribution in [-0.2, 0) is 0 Å². The minimum Gasteiger partial charge on any atom is -0.314 e. The van der Waals surface area contributed by atoms with Gasteiger partial charge in [-0.25, -0.2) is 4.39 Å². The van der Waals surface area contributed by atoms with Gasteiger partial charge in [0.05, 0.1) is 0 Å². The zero-order chi connectivity index (χ0) is 14.8. The van der Waals surface area contributed by atoms with E-state index in [2.05, 4.69) is 33.2 Å². The van der Waals surface area contributed by atoms with Gasteiger partial charge in [0.15, 0.2) is 0 Å². The summed E-state index contributed by atoms with van der Waals surface area (Å²) >= 11 is 3.36. The van der Waals surface area contributed by atoms with Gasteiger partial charge in [0.25, 0.3) is 0 Å². The predicted molar refractivity (Wildman–Crippen MR) is 87.8 cm³/mol. The Kier molecular flexibility index (Phi) is 4.97. The Hall–Kier alpha value is -0.450. The molecular weight excluding hydrogens is 331 g/mol. The van der Waals surface area contributed by atoms with Crippen LogP contribution in [0.5, 0.6) is 0 Å². The SMILES string of the molecule is CN1CCCCC(CNC2CC2)C1c1ccc(Br)cc1F. The van der Waals surface area contributed by atoms with Crippen LogP contribution < -0.4 is 5.32 Å². The highest BCUT2D eigenvalue weighted by Crippen LogP contribution is 2.36. The molecule has 0 spiro atoms. The average Bonchev–Trinajstić information content (AvgIpc) is 3.26. The van der Waals surface area contributed by atoms with E-state index >= 15 is 0 Å². The highest BCUT2D eigenvalue weighted by molar-refractivity contribution is 9.10. The first-order valence-electron chi connectivity index (χ1n) is 8.03. The third-order valence-corrected chi connectivity index (χ3v) is 5.28. The van der Waals surface area contributed by atoms with Crippen LogP contribution in [-0.4, -0.2) is 31.1 Å². The summed E-state index contributed by atoms with van der Waals surface area (Å²) in [5.74, 6) is 0.410. The lowest BCUT2D eigenvalue weighted by Crippen LogP contribution is -2.36. The first-order valence-corrected chi connectivity index (χ1v) is 8.83. The molecule has 1 heterocycles. The van der Waals surface area contributed by atoms with E-state index in [0.717, 1.165) is 23.1 Å². The van der Waals surface area contributed by atoms with Crippen molar-refractivity contribution in [3.8, 4) is 0 Å². The molecule has 2 atom stereocenters. The van der Waals surface area contributed by atoms with Crippen molar-refractivity contribution in [3.63, 3.8) is 0 Å². The molecular formula is C17H24BrFN2. The van der Waals surface area contributed by atoms with Crippen molar-refractivity contribution in [3.05, 3.63) is 34.1 Å². The van der Waals surface area contributed by atoms with Gasteiger partial charge in [-0.3, -0.25) is 4.90 Å². The smallest absolute Gasteiger partial charge is 0.129 e. The summed E-state index contributed by atoms with van der Waals surface area (Å²) in [6.45, 7) is 2.06. The Morgan fingerprint density at radius 3 is 2.81 bits per heavy atom. The van der Waals surface area contributed by atoms with E-state index in [1.165, 1.54) is 32.1 Å². The van der Waals surface area contributed by atoms with Crippen LogP contribution in [0.2, 0.25) is 0 Å². The molecule has 1 N–H and O–H groups in total. The fraction of sp³-hybridized carbons (Fsp3) is 0.647. The minimum atomic E-state index is -0.0838. The van der Waals surface area contributed by atoms with Crippen LogP contribution in [0.15, 0.2) is 22.7 Å². The maximum Gasteiger partial charge on any atom is 0.129 e. The summed E-state index contributed by atoms with van der Waals surface area (Å²) in [6, 6.07) is 6.42. The summed E-state index contributed by atoms with van der Waals surface area (Å²) < 4.78 is 15.3. The Morgan fingerprint density at radius 1 is 1.29 bits per heavy atom. The lowest BCUT2D eigenvalue weighted by Gasteiger charge is -2.33. The second-order valence-electron chi connectivity index (χ2n) is 6.53. The fourth-order valence-electron chi connectivity index (χ4n) is 3.48. The first-order chi connectivity index (χ1) is 10.1. The molecule has 1 aromatic carbocycles. The molecule has 2 fully saturated rings. The Balaban J connectivity index is 1.83. The van der Waals surface area contributed by atoms with Gasteiger partial charge < -0.3 is 5.32 Å². The lowest BCUT2D eigenvalue weighted by atomic mass is 9.89. The van der Waals surface area contributed by atoms with Crippen LogP contribution in [0, 0.1) is 11.7 Å². The quantitative estimate of drug-likeness (QED) is 0.874. The van der Waals surface area contributed by atoms with Gasteiger partial charge >= 0.3 is 0 Å². The summed E-state index contributed by atoms with van der Waals surface area (Å²) in [6.07, 6.45) is 6.26. The molecule has 0 bridgehead atoms. The number of hydrogen-bond acceptors (Lipinski definition) is 2. The Morgan fingerprint density at radius 2 is 2.10 bits per heavy atom. The summed E-state index contributed by atoms with van der Waals surface area (Å²) in [5.41, 5.74) is 0.852. The van der Waals surface area contributed by atoms with E-state index in [1.807, 2.05) is 12.1 Å². The van der Waals surface area contributed by atoms with Crippen LogP contribution in [0.3, 0.4) is 0 Å². The number of halogens is 2. The molecule has 116 valence electrons. The molecule has 1 aliphatic heterocycles. The van der Waals surface area contributed by atoms with Crippen molar-refractivity contribution in [2.75, 3.05) is 20.1 Å². The monoisotopic (exact) mass is 354 g/mol. The van der Waals surface area contributed by atoms with Gasteiger partial charge in [-0.2, -0.15) is 0 Å². The van der Waals surface area contributed by atoms with Crippen LogP contribution in [0.1, 0.15) is 43.7 Å². The topological polar surface area (TPSA) is 15.3 Å². The van der Waals surface area contributed by atoms with Crippen molar-refractivity contribution < 1.29 is 4.39 Å².